The molecule has 1 atom stereocenters. The maximum Gasteiger partial charge on any atom is 0.141 e. The standard InChI is InChI=1S/C10H13F2NOS/c1-6(14)2-3-15-10-8(11)4-7(13)5-9(10)12/h4-6,14H,2-3,13H2,1H3. The first kappa shape index (κ1) is 12.3. The van der Waals surface area contributed by atoms with Crippen LogP contribution in [0.3, 0.4) is 0 Å². The predicted molar refractivity (Wildman–Crippen MR) is 57.8 cm³/mol. The molecule has 84 valence electrons. The molecule has 0 bridgehead atoms. The molecule has 0 aliphatic heterocycles. The van der Waals surface area contributed by atoms with Crippen molar-refractivity contribution in [2.24, 2.45) is 0 Å². The molecule has 3 N–H and O–H groups in total. The number of benzene rings is 1. The van der Waals surface area contributed by atoms with E-state index in [0.29, 0.717) is 12.2 Å². The first-order valence-corrected chi connectivity index (χ1v) is 5.54. The van der Waals surface area contributed by atoms with Gasteiger partial charge in [0.1, 0.15) is 11.6 Å². The monoisotopic (exact) mass is 233 g/mol. The van der Waals surface area contributed by atoms with Crippen LogP contribution in [0.5, 0.6) is 0 Å². The Kier molecular flexibility index (Phi) is 4.35. The van der Waals surface area contributed by atoms with Crippen LogP contribution < -0.4 is 5.73 Å². The highest BCUT2D eigenvalue weighted by Crippen LogP contribution is 2.27. The summed E-state index contributed by atoms with van der Waals surface area (Å²) >= 11 is 1.05. The lowest BCUT2D eigenvalue weighted by molar-refractivity contribution is 0.192. The summed E-state index contributed by atoms with van der Waals surface area (Å²) in [6, 6.07) is 2.18. The van der Waals surface area contributed by atoms with E-state index in [9.17, 15) is 8.78 Å². The molecule has 0 aliphatic carbocycles. The molecule has 0 aliphatic rings. The highest BCUT2D eigenvalue weighted by atomic mass is 32.2. The number of aliphatic hydroxyl groups is 1. The summed E-state index contributed by atoms with van der Waals surface area (Å²) in [7, 11) is 0. The number of nitrogen functional groups attached to an aromatic ring is 1. The number of nitrogens with two attached hydrogens (primary N) is 1. The Morgan fingerprint density at radius 3 is 2.40 bits per heavy atom. The number of hydrogen-bond donors (Lipinski definition) is 2. The van der Waals surface area contributed by atoms with Gasteiger partial charge in [-0.2, -0.15) is 0 Å². The molecular formula is C10H13F2NOS. The minimum atomic E-state index is -0.650. The Morgan fingerprint density at radius 1 is 1.40 bits per heavy atom. The van der Waals surface area contributed by atoms with E-state index in [2.05, 4.69) is 0 Å². The molecule has 2 nitrogen and oxygen atoms in total. The SMILES string of the molecule is CC(O)CCSc1c(F)cc(N)cc1F. The first-order valence-electron chi connectivity index (χ1n) is 4.56. The zero-order valence-electron chi connectivity index (χ0n) is 8.34. The van der Waals surface area contributed by atoms with Crippen molar-refractivity contribution in [3.05, 3.63) is 23.8 Å². The van der Waals surface area contributed by atoms with Crippen LogP contribution in [0.2, 0.25) is 0 Å². The number of hydrogen-bond acceptors (Lipinski definition) is 3. The smallest absolute Gasteiger partial charge is 0.141 e. The summed E-state index contributed by atoms with van der Waals surface area (Å²) in [5.74, 6) is -0.832. The minimum absolute atomic E-state index is 0.0372. The Hall–Kier alpha value is -0.810. The second-order valence-corrected chi connectivity index (χ2v) is 4.41. The molecule has 0 fully saturated rings. The maximum atomic E-state index is 13.2. The van der Waals surface area contributed by atoms with Gasteiger partial charge in [-0.3, -0.25) is 0 Å². The van der Waals surface area contributed by atoms with Crippen molar-refractivity contribution in [2.45, 2.75) is 24.3 Å². The van der Waals surface area contributed by atoms with Gasteiger partial charge in [-0.05, 0) is 25.5 Å². The van der Waals surface area contributed by atoms with Gasteiger partial charge in [-0.1, -0.05) is 0 Å². The third-order valence-electron chi connectivity index (χ3n) is 1.80. The maximum absolute atomic E-state index is 13.2. The minimum Gasteiger partial charge on any atom is -0.399 e. The number of halogens is 2. The average molecular weight is 233 g/mol. The van der Waals surface area contributed by atoms with Crippen LogP contribution in [0.25, 0.3) is 0 Å². The van der Waals surface area contributed by atoms with E-state index < -0.39 is 17.7 Å². The molecular weight excluding hydrogens is 220 g/mol. The molecule has 0 amide bonds. The van der Waals surface area contributed by atoms with Crippen LogP contribution in [0, 0.1) is 11.6 Å². The quantitative estimate of drug-likeness (QED) is 0.620. The highest BCUT2D eigenvalue weighted by molar-refractivity contribution is 7.99. The van der Waals surface area contributed by atoms with Gasteiger partial charge < -0.3 is 10.8 Å². The lowest BCUT2D eigenvalue weighted by atomic mass is 10.3. The van der Waals surface area contributed by atoms with E-state index in [0.717, 1.165) is 23.9 Å². The number of anilines is 1. The summed E-state index contributed by atoms with van der Waals surface area (Å²) in [6.45, 7) is 1.64. The van der Waals surface area contributed by atoms with Crippen LogP contribution in [-0.2, 0) is 0 Å². The Balaban J connectivity index is 2.68. The van der Waals surface area contributed by atoms with Gasteiger partial charge in [0.05, 0.1) is 11.0 Å². The van der Waals surface area contributed by atoms with Crippen molar-refractivity contribution in [3.8, 4) is 0 Å². The zero-order valence-corrected chi connectivity index (χ0v) is 9.15. The summed E-state index contributed by atoms with van der Waals surface area (Å²) < 4.78 is 26.5. The predicted octanol–water partition coefficient (Wildman–Crippen LogP) is 2.41. The summed E-state index contributed by atoms with van der Waals surface area (Å²) in [6.07, 6.45) is 0.0332. The van der Waals surface area contributed by atoms with Crippen LogP contribution in [-0.4, -0.2) is 17.0 Å². The number of thioether (sulfide) groups is 1. The van der Waals surface area contributed by atoms with Gasteiger partial charge in [0.25, 0.3) is 0 Å². The van der Waals surface area contributed by atoms with Crippen molar-refractivity contribution in [1.82, 2.24) is 0 Å². The third-order valence-corrected chi connectivity index (χ3v) is 2.92. The van der Waals surface area contributed by atoms with Crippen LogP contribution in [0.1, 0.15) is 13.3 Å². The zero-order chi connectivity index (χ0) is 11.4. The van der Waals surface area contributed by atoms with Crippen LogP contribution in [0.4, 0.5) is 14.5 Å². The summed E-state index contributed by atoms with van der Waals surface area (Å²) in [5, 5.41) is 8.99. The summed E-state index contributed by atoms with van der Waals surface area (Å²) in [4.78, 5) is -0.0372. The van der Waals surface area contributed by atoms with Crippen LogP contribution in [0.15, 0.2) is 17.0 Å². The molecule has 0 heterocycles. The van der Waals surface area contributed by atoms with E-state index in [1.165, 1.54) is 0 Å². The van der Waals surface area contributed by atoms with Crippen molar-refractivity contribution in [1.29, 1.82) is 0 Å². The molecule has 0 saturated heterocycles. The first-order chi connectivity index (χ1) is 7.00. The van der Waals surface area contributed by atoms with Gasteiger partial charge in [-0.15, -0.1) is 11.8 Å². The topological polar surface area (TPSA) is 46.2 Å². The van der Waals surface area contributed by atoms with E-state index in [-0.39, 0.29) is 10.6 Å². The van der Waals surface area contributed by atoms with E-state index >= 15 is 0 Å². The molecule has 0 aromatic heterocycles. The largest absolute Gasteiger partial charge is 0.399 e. The molecule has 0 radical (unpaired) electrons. The molecule has 15 heavy (non-hydrogen) atoms. The van der Waals surface area contributed by atoms with Crippen molar-refractivity contribution >= 4 is 17.4 Å². The van der Waals surface area contributed by atoms with Gasteiger partial charge >= 0.3 is 0 Å². The lowest BCUT2D eigenvalue weighted by Gasteiger charge is -2.07. The average Bonchev–Trinajstić information content (AvgIpc) is 2.08. The van der Waals surface area contributed by atoms with Gasteiger partial charge in [0, 0.05) is 11.4 Å². The molecule has 1 aromatic carbocycles. The Bertz CT molecular complexity index is 321. The third kappa shape index (κ3) is 3.68. The molecule has 1 aromatic rings. The molecule has 0 saturated carbocycles. The number of rotatable bonds is 4. The Labute approximate surface area is 91.5 Å². The van der Waals surface area contributed by atoms with Gasteiger partial charge in [-0.25, -0.2) is 8.78 Å². The normalized spacial score (nSPS) is 12.8. The fourth-order valence-corrected chi connectivity index (χ4v) is 2.11. The van der Waals surface area contributed by atoms with Crippen molar-refractivity contribution < 1.29 is 13.9 Å². The van der Waals surface area contributed by atoms with Crippen molar-refractivity contribution in [2.75, 3.05) is 11.5 Å². The highest BCUT2D eigenvalue weighted by Gasteiger charge is 2.10. The van der Waals surface area contributed by atoms with E-state index in [1.807, 2.05) is 0 Å². The summed E-state index contributed by atoms with van der Waals surface area (Å²) in [5.41, 5.74) is 5.35. The Morgan fingerprint density at radius 2 is 1.93 bits per heavy atom. The van der Waals surface area contributed by atoms with E-state index in [4.69, 9.17) is 10.8 Å². The second kappa shape index (κ2) is 5.32. The molecule has 1 unspecified atom stereocenters. The molecule has 5 heteroatoms. The van der Waals surface area contributed by atoms with Gasteiger partial charge in [0.2, 0.25) is 0 Å². The molecule has 0 spiro atoms. The fraction of sp³-hybridized carbons (Fsp3) is 0.400. The van der Waals surface area contributed by atoms with Crippen molar-refractivity contribution in [3.63, 3.8) is 0 Å². The van der Waals surface area contributed by atoms with Gasteiger partial charge in [0.15, 0.2) is 0 Å². The fourth-order valence-electron chi connectivity index (χ4n) is 1.05. The second-order valence-electron chi connectivity index (χ2n) is 3.30. The van der Waals surface area contributed by atoms with E-state index in [1.54, 1.807) is 6.92 Å². The lowest BCUT2D eigenvalue weighted by Crippen LogP contribution is -2.01. The van der Waals surface area contributed by atoms with Crippen LogP contribution >= 0.6 is 11.8 Å². The number of aliphatic hydroxyl groups excluding tert-OH is 1. The molecule has 1 rings (SSSR count).